The standard InChI is InChI=1S/C24H30O4SSi/c1-7-8-9-13-16-18(23(25)27-2)20(24(26)28-3)22(30(4,5)6)19-15-12-10-11-14-17(15)29-21(16)19/h10-12,14H,7-9,13H2,1-6H3. The number of thiophene rings is 1. The van der Waals surface area contributed by atoms with Gasteiger partial charge in [0.2, 0.25) is 0 Å². The molecule has 0 bridgehead atoms. The fourth-order valence-corrected chi connectivity index (χ4v) is 7.56. The Morgan fingerprint density at radius 2 is 1.60 bits per heavy atom. The van der Waals surface area contributed by atoms with E-state index in [-0.39, 0.29) is 0 Å². The number of aryl methyl sites for hydroxylation is 1. The van der Waals surface area contributed by atoms with Crippen molar-refractivity contribution in [2.45, 2.75) is 52.2 Å². The largest absolute Gasteiger partial charge is 0.465 e. The van der Waals surface area contributed by atoms with Crippen LogP contribution in [0.4, 0.5) is 0 Å². The quantitative estimate of drug-likeness (QED) is 0.259. The summed E-state index contributed by atoms with van der Waals surface area (Å²) in [6.07, 6.45) is 3.84. The van der Waals surface area contributed by atoms with Crippen LogP contribution in [-0.4, -0.2) is 34.2 Å². The van der Waals surface area contributed by atoms with E-state index in [4.69, 9.17) is 9.47 Å². The summed E-state index contributed by atoms with van der Waals surface area (Å²) < 4.78 is 12.7. The fourth-order valence-electron chi connectivity index (χ4n) is 4.19. The molecule has 3 rings (SSSR count). The third-order valence-electron chi connectivity index (χ3n) is 5.48. The third kappa shape index (κ3) is 3.90. The molecule has 0 saturated heterocycles. The minimum absolute atomic E-state index is 0.400. The van der Waals surface area contributed by atoms with Gasteiger partial charge >= 0.3 is 11.9 Å². The number of esters is 2. The Kier molecular flexibility index (Phi) is 6.67. The normalized spacial score (nSPS) is 11.8. The van der Waals surface area contributed by atoms with E-state index in [9.17, 15) is 9.59 Å². The van der Waals surface area contributed by atoms with Gasteiger partial charge in [-0.15, -0.1) is 11.3 Å². The van der Waals surface area contributed by atoms with Crippen molar-refractivity contribution < 1.29 is 19.1 Å². The molecule has 0 N–H and O–H groups in total. The molecule has 0 aliphatic heterocycles. The van der Waals surface area contributed by atoms with Crippen molar-refractivity contribution in [3.63, 3.8) is 0 Å². The lowest BCUT2D eigenvalue weighted by atomic mass is 9.93. The van der Waals surface area contributed by atoms with Crippen LogP contribution in [0.25, 0.3) is 20.2 Å². The predicted molar refractivity (Wildman–Crippen MR) is 128 cm³/mol. The molecule has 2 aromatic carbocycles. The van der Waals surface area contributed by atoms with Crippen molar-refractivity contribution in [1.82, 2.24) is 0 Å². The number of ether oxygens (including phenoxy) is 2. The van der Waals surface area contributed by atoms with Gasteiger partial charge in [-0.3, -0.25) is 0 Å². The highest BCUT2D eigenvalue weighted by molar-refractivity contribution is 7.26. The zero-order chi connectivity index (χ0) is 22.1. The highest BCUT2D eigenvalue weighted by Gasteiger charge is 2.35. The SMILES string of the molecule is CCCCCc1c(C(=O)OC)c(C(=O)OC)c([Si](C)(C)C)c2c1sc1ccccc12. The smallest absolute Gasteiger partial charge is 0.339 e. The van der Waals surface area contributed by atoms with Gasteiger partial charge in [0.05, 0.1) is 33.4 Å². The monoisotopic (exact) mass is 442 g/mol. The maximum atomic E-state index is 13.1. The number of benzene rings is 2. The summed E-state index contributed by atoms with van der Waals surface area (Å²) in [7, 11) is 0.701. The molecule has 1 aromatic heterocycles. The van der Waals surface area contributed by atoms with Gasteiger partial charge in [-0.25, -0.2) is 9.59 Å². The third-order valence-corrected chi connectivity index (χ3v) is 8.71. The summed E-state index contributed by atoms with van der Waals surface area (Å²) in [6, 6.07) is 8.29. The van der Waals surface area contributed by atoms with Gasteiger partial charge in [-0.1, -0.05) is 57.6 Å². The molecule has 0 saturated carbocycles. The van der Waals surface area contributed by atoms with E-state index in [2.05, 4.69) is 38.7 Å². The number of carbonyl (C=O) groups excluding carboxylic acids is 2. The number of unbranched alkanes of at least 4 members (excludes halogenated alkanes) is 2. The molecule has 6 heteroatoms. The Morgan fingerprint density at radius 1 is 0.967 bits per heavy atom. The van der Waals surface area contributed by atoms with Crippen molar-refractivity contribution >= 4 is 56.7 Å². The van der Waals surface area contributed by atoms with Gasteiger partial charge in [-0.2, -0.15) is 0 Å². The summed E-state index contributed by atoms with van der Waals surface area (Å²) in [5.41, 5.74) is 1.73. The van der Waals surface area contributed by atoms with Crippen LogP contribution in [0.5, 0.6) is 0 Å². The zero-order valence-electron chi connectivity index (χ0n) is 18.7. The minimum Gasteiger partial charge on any atom is -0.465 e. The topological polar surface area (TPSA) is 52.6 Å². The van der Waals surface area contributed by atoms with E-state index in [1.165, 1.54) is 18.9 Å². The minimum atomic E-state index is -2.06. The molecule has 0 aliphatic rings. The van der Waals surface area contributed by atoms with Crippen molar-refractivity contribution in [2.24, 2.45) is 0 Å². The molecule has 0 fully saturated rings. The van der Waals surface area contributed by atoms with Crippen molar-refractivity contribution in [3.8, 4) is 0 Å². The maximum absolute atomic E-state index is 13.1. The Morgan fingerprint density at radius 3 is 2.20 bits per heavy atom. The summed E-state index contributed by atoms with van der Waals surface area (Å²) in [5, 5.41) is 3.25. The molecule has 0 atom stereocenters. The molecule has 30 heavy (non-hydrogen) atoms. The van der Waals surface area contributed by atoms with Crippen LogP contribution in [0, 0.1) is 0 Å². The summed E-state index contributed by atoms with van der Waals surface area (Å²) in [4.78, 5) is 26.1. The van der Waals surface area contributed by atoms with Crippen molar-refractivity contribution in [3.05, 3.63) is 41.0 Å². The Hall–Kier alpha value is -2.18. The molecule has 4 nitrogen and oxygen atoms in total. The zero-order valence-corrected chi connectivity index (χ0v) is 20.5. The van der Waals surface area contributed by atoms with Crippen LogP contribution in [-0.2, 0) is 15.9 Å². The van der Waals surface area contributed by atoms with Crippen molar-refractivity contribution in [1.29, 1.82) is 0 Å². The molecule has 3 aromatic rings. The number of carbonyl (C=O) groups is 2. The average molecular weight is 443 g/mol. The van der Waals surface area contributed by atoms with Crippen LogP contribution in [0.3, 0.4) is 0 Å². The average Bonchev–Trinajstić information content (AvgIpc) is 3.10. The molecular formula is C24H30O4SSi. The second-order valence-electron chi connectivity index (χ2n) is 8.60. The van der Waals surface area contributed by atoms with Crippen LogP contribution in [0.15, 0.2) is 24.3 Å². The first-order valence-corrected chi connectivity index (χ1v) is 14.7. The fraction of sp³-hybridized carbons (Fsp3) is 0.417. The van der Waals surface area contributed by atoms with Crippen molar-refractivity contribution in [2.75, 3.05) is 14.2 Å². The van der Waals surface area contributed by atoms with Gasteiger partial charge in [-0.05, 0) is 29.7 Å². The number of hydrogen-bond acceptors (Lipinski definition) is 5. The lowest BCUT2D eigenvalue weighted by Gasteiger charge is -2.25. The first-order valence-electron chi connectivity index (χ1n) is 10.4. The summed E-state index contributed by atoms with van der Waals surface area (Å²) in [6.45, 7) is 8.78. The first kappa shape index (κ1) is 22.5. The number of hydrogen-bond donors (Lipinski definition) is 0. The maximum Gasteiger partial charge on any atom is 0.339 e. The Labute approximate surface area is 183 Å². The molecule has 0 amide bonds. The van der Waals surface area contributed by atoms with Gasteiger partial charge in [0, 0.05) is 20.2 Å². The molecule has 0 aliphatic carbocycles. The number of rotatable bonds is 7. The van der Waals surface area contributed by atoms with E-state index in [1.807, 2.05) is 12.1 Å². The van der Waals surface area contributed by atoms with Crippen LogP contribution in [0.2, 0.25) is 19.6 Å². The van der Waals surface area contributed by atoms with Gasteiger partial charge in [0.1, 0.15) is 0 Å². The van der Waals surface area contributed by atoms with Gasteiger partial charge < -0.3 is 9.47 Å². The van der Waals surface area contributed by atoms with E-state index >= 15 is 0 Å². The highest BCUT2D eigenvalue weighted by Crippen LogP contribution is 2.40. The summed E-state index contributed by atoms with van der Waals surface area (Å²) in [5.74, 6) is -0.914. The van der Waals surface area contributed by atoms with Gasteiger partial charge in [0.15, 0.2) is 0 Å². The van der Waals surface area contributed by atoms with Gasteiger partial charge in [0.25, 0.3) is 0 Å². The lowest BCUT2D eigenvalue weighted by Crippen LogP contribution is -2.43. The summed E-state index contributed by atoms with van der Waals surface area (Å²) >= 11 is 1.71. The molecule has 160 valence electrons. The van der Waals surface area contributed by atoms with E-state index in [1.54, 1.807) is 11.3 Å². The van der Waals surface area contributed by atoms with Crippen LogP contribution < -0.4 is 5.19 Å². The lowest BCUT2D eigenvalue weighted by molar-refractivity contribution is 0.0555. The second kappa shape index (κ2) is 8.90. The Bertz CT molecular complexity index is 1110. The van der Waals surface area contributed by atoms with E-state index in [0.717, 1.165) is 51.9 Å². The number of methoxy groups -OCH3 is 2. The number of fused-ring (bicyclic) bond motifs is 3. The van der Waals surface area contributed by atoms with E-state index in [0.29, 0.717) is 11.1 Å². The Balaban J connectivity index is 2.59. The van der Waals surface area contributed by atoms with E-state index < -0.39 is 20.0 Å². The first-order chi connectivity index (χ1) is 14.3. The molecule has 0 spiro atoms. The predicted octanol–water partition coefficient (Wildman–Crippen LogP) is 5.91. The molecule has 0 unspecified atom stereocenters. The van der Waals surface area contributed by atoms with Crippen LogP contribution >= 0.6 is 11.3 Å². The van der Waals surface area contributed by atoms with Crippen LogP contribution in [0.1, 0.15) is 52.5 Å². The second-order valence-corrected chi connectivity index (χ2v) is 14.6. The molecule has 1 heterocycles. The molecular weight excluding hydrogens is 412 g/mol. The highest BCUT2D eigenvalue weighted by atomic mass is 32.1. The molecule has 0 radical (unpaired) electrons.